The van der Waals surface area contributed by atoms with Gasteiger partial charge >= 0.3 is 0 Å². The fourth-order valence-corrected chi connectivity index (χ4v) is 4.93. The standard InChI is InChI=1S/C28H35N3O3.C2H6/c1-8-33-19(3)21-13-30-22(12-18(21)2)26-20-10-9-11-23(34-17-28(7)15-32-16-28)25(20)29-31(26)14-24(30)27(4,5)6;1-2/h9-13,24H,2-3,8,14-17H2,1,4-7H3;1-2H3. The van der Waals surface area contributed by atoms with E-state index in [4.69, 9.17) is 19.3 Å². The van der Waals surface area contributed by atoms with Gasteiger partial charge in [0.1, 0.15) is 17.0 Å². The molecular formula is C30H41N3O3. The molecule has 0 saturated carbocycles. The van der Waals surface area contributed by atoms with Gasteiger partial charge in [-0.3, -0.25) is 4.68 Å². The zero-order chi connectivity index (χ0) is 26.3. The lowest BCUT2D eigenvalue weighted by atomic mass is 9.82. The van der Waals surface area contributed by atoms with Gasteiger partial charge in [0.2, 0.25) is 0 Å². The van der Waals surface area contributed by atoms with Gasteiger partial charge in [0.25, 0.3) is 0 Å². The van der Waals surface area contributed by atoms with Gasteiger partial charge in [0.05, 0.1) is 50.4 Å². The Morgan fingerprint density at radius 2 is 1.97 bits per heavy atom. The fourth-order valence-electron chi connectivity index (χ4n) is 4.93. The van der Waals surface area contributed by atoms with E-state index in [1.165, 1.54) is 0 Å². The molecule has 6 heteroatoms. The summed E-state index contributed by atoms with van der Waals surface area (Å²) in [6.07, 6.45) is 4.30. The Labute approximate surface area is 215 Å². The molecule has 4 heterocycles. The minimum absolute atomic E-state index is 0.0142. The highest BCUT2D eigenvalue weighted by Crippen LogP contribution is 2.44. The van der Waals surface area contributed by atoms with Crippen LogP contribution < -0.4 is 4.74 Å². The van der Waals surface area contributed by atoms with Gasteiger partial charge < -0.3 is 19.1 Å². The SMILES string of the molecule is C=C1C=C2c3c4cccc(OCC5(C)COC5)c4nn3CC(C(C)(C)C)N2C=C1C(=C)OCC.CC. The second kappa shape index (κ2) is 9.81. The zero-order valence-electron chi connectivity index (χ0n) is 23.0. The van der Waals surface area contributed by atoms with Crippen molar-refractivity contribution in [2.24, 2.45) is 10.8 Å². The number of nitrogens with zero attached hydrogens (tertiary/aromatic N) is 3. The van der Waals surface area contributed by atoms with Gasteiger partial charge in [0, 0.05) is 22.6 Å². The minimum Gasteiger partial charge on any atom is -0.494 e. The molecule has 0 radical (unpaired) electrons. The summed E-state index contributed by atoms with van der Waals surface area (Å²) in [6.45, 7) is 26.9. The van der Waals surface area contributed by atoms with Crippen LogP contribution in [0.15, 0.2) is 60.5 Å². The van der Waals surface area contributed by atoms with Crippen LogP contribution in [-0.4, -0.2) is 47.1 Å². The zero-order valence-corrected chi connectivity index (χ0v) is 23.0. The van der Waals surface area contributed by atoms with Gasteiger partial charge in [-0.1, -0.05) is 66.8 Å². The molecule has 0 N–H and O–H groups in total. The van der Waals surface area contributed by atoms with Crippen molar-refractivity contribution in [3.8, 4) is 5.75 Å². The average molecular weight is 492 g/mol. The average Bonchev–Trinajstić information content (AvgIpc) is 3.21. The molecule has 3 aliphatic heterocycles. The summed E-state index contributed by atoms with van der Waals surface area (Å²) >= 11 is 0. The Morgan fingerprint density at radius 3 is 2.58 bits per heavy atom. The topological polar surface area (TPSA) is 48.8 Å². The molecule has 1 saturated heterocycles. The lowest BCUT2D eigenvalue weighted by Gasteiger charge is -2.46. The third-order valence-corrected chi connectivity index (χ3v) is 6.96. The smallest absolute Gasteiger partial charge is 0.147 e. The number of fused-ring (bicyclic) bond motifs is 5. The molecule has 0 aliphatic carbocycles. The molecule has 1 aromatic carbocycles. The maximum atomic E-state index is 6.28. The summed E-state index contributed by atoms with van der Waals surface area (Å²) in [5.41, 5.74) is 5.02. The molecule has 1 aromatic heterocycles. The number of rotatable bonds is 6. The van der Waals surface area contributed by atoms with Crippen LogP contribution in [0, 0.1) is 10.8 Å². The molecule has 1 fully saturated rings. The molecule has 194 valence electrons. The molecule has 1 atom stereocenters. The van der Waals surface area contributed by atoms with E-state index in [-0.39, 0.29) is 16.9 Å². The quantitative estimate of drug-likeness (QED) is 0.429. The lowest BCUT2D eigenvalue weighted by molar-refractivity contribution is -0.120. The van der Waals surface area contributed by atoms with E-state index >= 15 is 0 Å². The molecule has 5 rings (SSSR count). The Hall–Kier alpha value is -2.99. The number of hydrogen-bond acceptors (Lipinski definition) is 5. The first-order valence-corrected chi connectivity index (χ1v) is 13.0. The summed E-state index contributed by atoms with van der Waals surface area (Å²) in [4.78, 5) is 2.37. The predicted octanol–water partition coefficient (Wildman–Crippen LogP) is 6.55. The van der Waals surface area contributed by atoms with E-state index < -0.39 is 0 Å². The van der Waals surface area contributed by atoms with Gasteiger partial charge in [-0.25, -0.2) is 0 Å². The van der Waals surface area contributed by atoms with E-state index in [0.29, 0.717) is 19.0 Å². The molecule has 36 heavy (non-hydrogen) atoms. The van der Waals surface area contributed by atoms with Crippen molar-refractivity contribution in [2.75, 3.05) is 26.4 Å². The van der Waals surface area contributed by atoms with Gasteiger partial charge in [0.15, 0.2) is 0 Å². The summed E-state index contributed by atoms with van der Waals surface area (Å²) in [6, 6.07) is 6.40. The third kappa shape index (κ3) is 4.59. The van der Waals surface area contributed by atoms with E-state index in [9.17, 15) is 0 Å². The van der Waals surface area contributed by atoms with E-state index in [0.717, 1.165) is 58.9 Å². The largest absolute Gasteiger partial charge is 0.494 e. The maximum Gasteiger partial charge on any atom is 0.147 e. The Bertz CT molecular complexity index is 1220. The number of hydrogen-bond donors (Lipinski definition) is 0. The Kier molecular flexibility index (Phi) is 7.11. The second-order valence-electron chi connectivity index (χ2n) is 11.0. The predicted molar refractivity (Wildman–Crippen MR) is 147 cm³/mol. The first kappa shape index (κ1) is 26.1. The third-order valence-electron chi connectivity index (χ3n) is 6.96. The van der Waals surface area contributed by atoms with Crippen LogP contribution in [-0.2, 0) is 16.0 Å². The molecule has 2 aromatic rings. The molecule has 0 amide bonds. The molecule has 0 bridgehead atoms. The Morgan fingerprint density at radius 1 is 1.25 bits per heavy atom. The highest BCUT2D eigenvalue weighted by Gasteiger charge is 2.40. The number of allylic oxidation sites excluding steroid dienone is 2. The first-order valence-electron chi connectivity index (χ1n) is 13.0. The van der Waals surface area contributed by atoms with Crippen molar-refractivity contribution in [3.63, 3.8) is 0 Å². The highest BCUT2D eigenvalue weighted by molar-refractivity contribution is 5.95. The van der Waals surface area contributed by atoms with Crippen LogP contribution in [0.1, 0.15) is 54.2 Å². The Balaban J connectivity index is 0.00000148. The number of aromatic nitrogens is 2. The van der Waals surface area contributed by atoms with Crippen LogP contribution in [0.4, 0.5) is 0 Å². The van der Waals surface area contributed by atoms with Crippen molar-refractivity contribution in [3.05, 3.63) is 66.2 Å². The van der Waals surface area contributed by atoms with Crippen molar-refractivity contribution in [1.82, 2.24) is 14.7 Å². The monoisotopic (exact) mass is 491 g/mol. The van der Waals surface area contributed by atoms with Crippen LogP contribution >= 0.6 is 0 Å². The van der Waals surface area contributed by atoms with Crippen LogP contribution in [0.3, 0.4) is 0 Å². The van der Waals surface area contributed by atoms with Gasteiger partial charge in [-0.05, 0) is 30.1 Å². The first-order chi connectivity index (χ1) is 17.1. The number of benzene rings is 1. The van der Waals surface area contributed by atoms with E-state index in [1.807, 2.05) is 26.8 Å². The lowest BCUT2D eigenvalue weighted by Crippen LogP contribution is -2.47. The minimum atomic E-state index is 0.0142. The summed E-state index contributed by atoms with van der Waals surface area (Å²) in [5, 5.41) is 6.15. The fraction of sp³-hybridized carbons (Fsp3) is 0.500. The van der Waals surface area contributed by atoms with Gasteiger partial charge in [-0.2, -0.15) is 5.10 Å². The van der Waals surface area contributed by atoms with Gasteiger partial charge in [-0.15, -0.1) is 0 Å². The molecule has 3 aliphatic rings. The number of ether oxygens (including phenoxy) is 3. The molecule has 0 spiro atoms. The normalized spacial score (nSPS) is 20.2. The van der Waals surface area contributed by atoms with E-state index in [1.54, 1.807) is 0 Å². The second-order valence-corrected chi connectivity index (χ2v) is 11.0. The van der Waals surface area contributed by atoms with Crippen molar-refractivity contribution in [1.29, 1.82) is 0 Å². The summed E-state index contributed by atoms with van der Waals surface area (Å²) in [5.74, 6) is 1.48. The van der Waals surface area contributed by atoms with Crippen LogP contribution in [0.2, 0.25) is 0 Å². The van der Waals surface area contributed by atoms with Crippen molar-refractivity contribution in [2.45, 2.75) is 61.1 Å². The van der Waals surface area contributed by atoms with Crippen LogP contribution in [0.5, 0.6) is 5.75 Å². The van der Waals surface area contributed by atoms with E-state index in [2.05, 4.69) is 74.8 Å². The molecule has 1 unspecified atom stereocenters. The summed E-state index contributed by atoms with van der Waals surface area (Å²) < 4.78 is 19.6. The van der Waals surface area contributed by atoms with Crippen molar-refractivity contribution >= 4 is 16.6 Å². The highest BCUT2D eigenvalue weighted by atomic mass is 16.5. The summed E-state index contributed by atoms with van der Waals surface area (Å²) in [7, 11) is 0. The van der Waals surface area contributed by atoms with Crippen LogP contribution in [0.25, 0.3) is 16.6 Å². The van der Waals surface area contributed by atoms with Crippen molar-refractivity contribution < 1.29 is 14.2 Å². The maximum absolute atomic E-state index is 6.28. The molecular weight excluding hydrogens is 450 g/mol. The molecule has 6 nitrogen and oxygen atoms in total.